The minimum atomic E-state index is -2.88. The van der Waals surface area contributed by atoms with Crippen LogP contribution in [0.5, 0.6) is 5.75 Å². The van der Waals surface area contributed by atoms with Gasteiger partial charge in [0.1, 0.15) is 11.4 Å². The molecule has 6 heteroatoms. The summed E-state index contributed by atoms with van der Waals surface area (Å²) in [4.78, 5) is 0. The molecule has 0 amide bonds. The zero-order valence-corrected chi connectivity index (χ0v) is 15.9. The van der Waals surface area contributed by atoms with Crippen LogP contribution in [0.3, 0.4) is 0 Å². The van der Waals surface area contributed by atoms with Crippen LogP contribution in [0.2, 0.25) is 0 Å². The van der Waals surface area contributed by atoms with Gasteiger partial charge in [-0.05, 0) is 67.3 Å². The van der Waals surface area contributed by atoms with E-state index in [-0.39, 0.29) is 5.75 Å². The fourth-order valence-electron chi connectivity index (χ4n) is 2.58. The summed E-state index contributed by atoms with van der Waals surface area (Å²) >= 11 is 3.45. The van der Waals surface area contributed by atoms with Crippen molar-refractivity contribution < 1.29 is 23.4 Å². The second kappa shape index (κ2) is 8.25. The highest BCUT2D eigenvalue weighted by atomic mass is 79.9. The monoisotopic (exact) mass is 414 g/mol. The van der Waals surface area contributed by atoms with Gasteiger partial charge in [-0.3, -0.25) is 0 Å². The molecule has 1 N–H and O–H groups in total. The third-order valence-corrected chi connectivity index (χ3v) is 4.40. The molecule has 0 aliphatic heterocycles. The van der Waals surface area contributed by atoms with Gasteiger partial charge in [0.25, 0.3) is 0 Å². The molecule has 0 saturated heterocycles. The molecule has 136 valence electrons. The van der Waals surface area contributed by atoms with Crippen LogP contribution in [0.25, 0.3) is 0 Å². The normalized spacial score (nSPS) is 13.8. The second-order valence-corrected chi connectivity index (χ2v) is 6.83. The van der Waals surface area contributed by atoms with E-state index in [0.29, 0.717) is 29.9 Å². The van der Waals surface area contributed by atoms with Crippen LogP contribution in [-0.4, -0.2) is 18.3 Å². The Morgan fingerprint density at radius 3 is 2.48 bits per heavy atom. The van der Waals surface area contributed by atoms with Crippen molar-refractivity contribution >= 4 is 15.9 Å². The maximum atomic E-state index is 12.4. The smallest absolute Gasteiger partial charge is 0.387 e. The van der Waals surface area contributed by atoms with E-state index in [1.807, 2.05) is 25.1 Å². The van der Waals surface area contributed by atoms with Crippen molar-refractivity contribution in [1.29, 1.82) is 0 Å². The van der Waals surface area contributed by atoms with E-state index in [2.05, 4.69) is 20.7 Å². The summed E-state index contributed by atoms with van der Waals surface area (Å²) < 4.78 is 35.5. The summed E-state index contributed by atoms with van der Waals surface area (Å²) in [6.45, 7) is 3.42. The molecule has 1 atom stereocenters. The van der Waals surface area contributed by atoms with Gasteiger partial charge < -0.3 is 14.6 Å². The molecular weight excluding hydrogens is 394 g/mol. The molecule has 0 aromatic heterocycles. The lowest BCUT2D eigenvalue weighted by molar-refractivity contribution is -0.0503. The van der Waals surface area contributed by atoms with Crippen LogP contribution in [0.1, 0.15) is 36.1 Å². The van der Waals surface area contributed by atoms with Gasteiger partial charge in [-0.15, -0.1) is 0 Å². The standard InChI is InChI=1S/C19H21BrF2O3/c1-4-24-11-13-8-15(10-16(20)9-13)19(3,23)14-5-6-17(12(2)7-14)25-18(21)22/h5-10,18,23H,4,11H2,1-3H3/t19-/m0/s1. The van der Waals surface area contributed by atoms with E-state index < -0.39 is 12.2 Å². The quantitative estimate of drug-likeness (QED) is 0.680. The number of alkyl halides is 2. The van der Waals surface area contributed by atoms with Crippen molar-refractivity contribution in [3.05, 3.63) is 63.1 Å². The average molecular weight is 415 g/mol. The van der Waals surface area contributed by atoms with Crippen LogP contribution in [-0.2, 0) is 16.9 Å². The van der Waals surface area contributed by atoms with Gasteiger partial charge in [0.15, 0.2) is 0 Å². The molecule has 2 aromatic rings. The molecule has 3 nitrogen and oxygen atoms in total. The van der Waals surface area contributed by atoms with Crippen molar-refractivity contribution in [3.63, 3.8) is 0 Å². The van der Waals surface area contributed by atoms with Gasteiger partial charge in [0, 0.05) is 11.1 Å². The Hall–Kier alpha value is -1.50. The van der Waals surface area contributed by atoms with Crippen molar-refractivity contribution in [3.8, 4) is 5.75 Å². The number of hydrogen-bond donors (Lipinski definition) is 1. The lowest BCUT2D eigenvalue weighted by atomic mass is 9.86. The molecule has 0 radical (unpaired) electrons. The molecule has 2 aromatic carbocycles. The summed E-state index contributed by atoms with van der Waals surface area (Å²) in [6.07, 6.45) is 0. The molecule has 0 aliphatic rings. The van der Waals surface area contributed by atoms with Crippen LogP contribution >= 0.6 is 15.9 Å². The third-order valence-electron chi connectivity index (χ3n) is 3.95. The van der Waals surface area contributed by atoms with Gasteiger partial charge >= 0.3 is 6.61 Å². The topological polar surface area (TPSA) is 38.7 Å². The Balaban J connectivity index is 2.37. The van der Waals surface area contributed by atoms with Crippen molar-refractivity contribution in [2.75, 3.05) is 6.61 Å². The number of rotatable bonds is 7. The molecule has 0 heterocycles. The van der Waals surface area contributed by atoms with Crippen molar-refractivity contribution in [2.24, 2.45) is 0 Å². The lowest BCUT2D eigenvalue weighted by Gasteiger charge is -2.26. The van der Waals surface area contributed by atoms with Gasteiger partial charge in [0.2, 0.25) is 0 Å². The summed E-state index contributed by atoms with van der Waals surface area (Å²) in [5.41, 5.74) is 1.44. The molecule has 2 rings (SSSR count). The van der Waals surface area contributed by atoms with E-state index in [0.717, 1.165) is 10.0 Å². The Kier molecular flexibility index (Phi) is 6.54. The van der Waals surface area contributed by atoms with Crippen LogP contribution in [0.4, 0.5) is 8.78 Å². The molecule has 0 fully saturated rings. The largest absolute Gasteiger partial charge is 0.435 e. The molecule has 0 unspecified atom stereocenters. The minimum Gasteiger partial charge on any atom is -0.435 e. The first-order valence-corrected chi connectivity index (χ1v) is 8.69. The predicted molar refractivity (Wildman–Crippen MR) is 96.0 cm³/mol. The third kappa shape index (κ3) is 5.00. The van der Waals surface area contributed by atoms with E-state index >= 15 is 0 Å². The van der Waals surface area contributed by atoms with Crippen molar-refractivity contribution in [2.45, 2.75) is 39.6 Å². The van der Waals surface area contributed by atoms with E-state index in [9.17, 15) is 13.9 Å². The zero-order chi connectivity index (χ0) is 18.6. The maximum absolute atomic E-state index is 12.4. The Labute approximate surface area is 154 Å². The molecule has 25 heavy (non-hydrogen) atoms. The summed E-state index contributed by atoms with van der Waals surface area (Å²) in [7, 11) is 0. The van der Waals surface area contributed by atoms with E-state index in [1.54, 1.807) is 26.0 Å². The molecular formula is C19H21BrF2O3. The number of ether oxygens (including phenoxy) is 2. The molecule has 0 aliphatic carbocycles. The Morgan fingerprint density at radius 1 is 1.16 bits per heavy atom. The number of aliphatic hydroxyl groups is 1. The molecule has 0 spiro atoms. The summed E-state index contributed by atoms with van der Waals surface area (Å²) in [5.74, 6) is 0.0980. The number of aryl methyl sites for hydroxylation is 1. The highest BCUT2D eigenvalue weighted by Gasteiger charge is 2.27. The maximum Gasteiger partial charge on any atom is 0.387 e. The first kappa shape index (κ1) is 19.8. The van der Waals surface area contributed by atoms with E-state index in [4.69, 9.17) is 4.74 Å². The summed E-state index contributed by atoms with van der Waals surface area (Å²) in [5, 5.41) is 11.1. The van der Waals surface area contributed by atoms with Crippen LogP contribution < -0.4 is 4.74 Å². The van der Waals surface area contributed by atoms with Gasteiger partial charge in [0.05, 0.1) is 6.61 Å². The average Bonchev–Trinajstić information content (AvgIpc) is 2.53. The number of benzene rings is 2. The highest BCUT2D eigenvalue weighted by Crippen LogP contribution is 2.34. The number of hydrogen-bond acceptors (Lipinski definition) is 3. The van der Waals surface area contributed by atoms with Crippen LogP contribution in [0, 0.1) is 6.92 Å². The number of halogens is 3. The van der Waals surface area contributed by atoms with Crippen molar-refractivity contribution in [1.82, 2.24) is 0 Å². The highest BCUT2D eigenvalue weighted by molar-refractivity contribution is 9.10. The SMILES string of the molecule is CCOCc1cc(Br)cc([C@@](C)(O)c2ccc(OC(F)F)c(C)c2)c1. The molecule has 0 bridgehead atoms. The van der Waals surface area contributed by atoms with Gasteiger partial charge in [-0.2, -0.15) is 8.78 Å². The van der Waals surface area contributed by atoms with Gasteiger partial charge in [-0.25, -0.2) is 0 Å². The Bertz CT molecular complexity index is 733. The lowest BCUT2D eigenvalue weighted by Crippen LogP contribution is -2.23. The van der Waals surface area contributed by atoms with Gasteiger partial charge in [-0.1, -0.05) is 28.1 Å². The fourth-order valence-corrected chi connectivity index (χ4v) is 3.12. The minimum absolute atomic E-state index is 0.0980. The second-order valence-electron chi connectivity index (χ2n) is 5.92. The molecule has 0 saturated carbocycles. The Morgan fingerprint density at radius 2 is 1.88 bits per heavy atom. The van der Waals surface area contributed by atoms with Crippen LogP contribution in [0.15, 0.2) is 40.9 Å². The summed E-state index contributed by atoms with van der Waals surface area (Å²) in [6, 6.07) is 10.3. The first-order chi connectivity index (χ1) is 11.7. The zero-order valence-electron chi connectivity index (χ0n) is 14.4. The fraction of sp³-hybridized carbons (Fsp3) is 0.368. The van der Waals surface area contributed by atoms with E-state index in [1.165, 1.54) is 6.07 Å². The first-order valence-electron chi connectivity index (χ1n) is 7.90. The predicted octanol–water partition coefficient (Wildman–Crippen LogP) is 5.15.